The summed E-state index contributed by atoms with van der Waals surface area (Å²) in [6.07, 6.45) is 0. The number of rotatable bonds is 7. The van der Waals surface area contributed by atoms with E-state index < -0.39 is 28.1 Å². The van der Waals surface area contributed by atoms with Gasteiger partial charge in [0.15, 0.2) is 0 Å². The van der Waals surface area contributed by atoms with Crippen molar-refractivity contribution < 1.29 is 17.9 Å². The van der Waals surface area contributed by atoms with E-state index in [1.165, 1.54) is 0 Å². The molecule has 1 fully saturated rings. The predicted octanol–water partition coefficient (Wildman–Crippen LogP) is 1.67. The zero-order valence-corrected chi connectivity index (χ0v) is 21.4. The maximum Gasteiger partial charge on any atom is 0.322 e. The van der Waals surface area contributed by atoms with Crippen LogP contribution in [0.25, 0.3) is 10.9 Å². The molecule has 2 aromatic carbocycles. The van der Waals surface area contributed by atoms with Crippen LogP contribution in [0.1, 0.15) is 32.5 Å². The molecule has 1 aliphatic rings. The quantitative estimate of drug-likeness (QED) is 0.321. The first-order valence-electron chi connectivity index (χ1n) is 11.4. The Morgan fingerprint density at radius 2 is 1.97 bits per heavy atom. The van der Waals surface area contributed by atoms with E-state index in [2.05, 4.69) is 20.5 Å². The Morgan fingerprint density at radius 3 is 2.68 bits per heavy atom. The van der Waals surface area contributed by atoms with E-state index in [0.29, 0.717) is 22.9 Å². The molecule has 1 aliphatic heterocycles. The monoisotopic (exact) mass is 540 g/mol. The third-order valence-corrected chi connectivity index (χ3v) is 8.07. The highest BCUT2D eigenvalue weighted by molar-refractivity contribution is 7.86. The van der Waals surface area contributed by atoms with Gasteiger partial charge in [0.1, 0.15) is 17.4 Å². The van der Waals surface area contributed by atoms with E-state index in [0.717, 1.165) is 37.8 Å². The number of hydrogen-bond donors (Lipinski definition) is 3. The smallest absolute Gasteiger partial charge is 0.322 e. The first kappa shape index (κ1) is 25.0. The average molecular weight is 541 g/mol. The third-order valence-electron chi connectivity index (χ3n) is 6.18. The van der Waals surface area contributed by atoms with Crippen LogP contribution in [0.5, 0.6) is 5.75 Å². The molecule has 2 aromatic heterocycles. The predicted molar refractivity (Wildman–Crippen MR) is 139 cm³/mol. The Kier molecular flexibility index (Phi) is 6.77. The second-order valence-corrected chi connectivity index (χ2v) is 11.3. The van der Waals surface area contributed by atoms with Gasteiger partial charge < -0.3 is 10.1 Å². The topological polar surface area (TPSA) is 160 Å². The van der Waals surface area contributed by atoms with E-state index in [1.54, 1.807) is 24.3 Å². The number of benzene rings is 2. The second-order valence-electron chi connectivity index (χ2n) is 8.75. The van der Waals surface area contributed by atoms with Crippen LogP contribution in [0, 0.1) is 6.92 Å². The molecule has 1 amide bonds. The number of nitrogens with two attached hydrogens (primary N) is 1. The lowest BCUT2D eigenvalue weighted by Gasteiger charge is -2.18. The van der Waals surface area contributed by atoms with Crippen molar-refractivity contribution in [3.8, 4) is 5.75 Å². The summed E-state index contributed by atoms with van der Waals surface area (Å²) in [5.41, 5.74) is 3.19. The number of pyridine rings is 1. The van der Waals surface area contributed by atoms with Gasteiger partial charge >= 0.3 is 4.87 Å². The molecule has 192 valence electrons. The number of aryl methyl sites for hydroxylation is 1. The van der Waals surface area contributed by atoms with Crippen molar-refractivity contribution in [1.29, 1.82) is 0 Å². The Morgan fingerprint density at radius 1 is 1.22 bits per heavy atom. The molecular weight excluding hydrogens is 516 g/mol. The molecule has 0 bridgehead atoms. The minimum absolute atomic E-state index is 0.0144. The zero-order valence-electron chi connectivity index (χ0n) is 19.7. The van der Waals surface area contributed by atoms with Crippen LogP contribution in [0.2, 0.25) is 0 Å². The van der Waals surface area contributed by atoms with Gasteiger partial charge in [0.05, 0.1) is 11.6 Å². The van der Waals surface area contributed by atoms with Crippen LogP contribution >= 0.6 is 11.3 Å². The Balaban J connectivity index is 1.27. The standard InChI is InChI=1S/C24H24N6O5S2/c1-14-10-16(18-4-2-3-5-20(18)26-14)13-35-17-8-6-15(7-9-17)22(31)27-21-12-30(37(25,33)34)11-19(21)23-28-29-24(32)36-23/h2-10,19,21H,11-13H2,1H3,(H,27,31)(H,29,32)(H2,25,33,34). The number of amides is 1. The molecule has 13 heteroatoms. The van der Waals surface area contributed by atoms with Crippen molar-refractivity contribution in [2.75, 3.05) is 13.1 Å². The van der Waals surface area contributed by atoms with Gasteiger partial charge in [0.25, 0.3) is 16.1 Å². The number of fused-ring (bicyclic) bond motifs is 1. The van der Waals surface area contributed by atoms with E-state index in [-0.39, 0.29) is 18.0 Å². The summed E-state index contributed by atoms with van der Waals surface area (Å²) in [6.45, 7) is 2.27. The highest BCUT2D eigenvalue weighted by Gasteiger charge is 2.41. The van der Waals surface area contributed by atoms with Crippen LogP contribution < -0.4 is 20.1 Å². The molecule has 0 saturated carbocycles. The third kappa shape index (κ3) is 5.54. The fraction of sp³-hybridized carbons (Fsp3) is 0.250. The number of hydrogen-bond acceptors (Lipinski definition) is 8. The van der Waals surface area contributed by atoms with Gasteiger partial charge in [-0.05, 0) is 43.3 Å². The van der Waals surface area contributed by atoms with E-state index >= 15 is 0 Å². The number of carbonyl (C=O) groups excluding carboxylic acids is 1. The molecule has 4 N–H and O–H groups in total. The van der Waals surface area contributed by atoms with Crippen LogP contribution in [-0.2, 0) is 16.8 Å². The van der Waals surface area contributed by atoms with Gasteiger partial charge in [-0.3, -0.25) is 14.6 Å². The van der Waals surface area contributed by atoms with Crippen molar-refractivity contribution in [2.24, 2.45) is 5.14 Å². The molecule has 0 radical (unpaired) electrons. The number of aromatic nitrogens is 3. The summed E-state index contributed by atoms with van der Waals surface area (Å²) < 4.78 is 30.8. The van der Waals surface area contributed by atoms with E-state index in [1.807, 2.05) is 37.3 Å². The fourth-order valence-electron chi connectivity index (χ4n) is 4.40. The summed E-state index contributed by atoms with van der Waals surface area (Å²) in [6, 6.07) is 15.9. The molecule has 37 heavy (non-hydrogen) atoms. The average Bonchev–Trinajstić information content (AvgIpc) is 3.48. The van der Waals surface area contributed by atoms with Gasteiger partial charge in [0, 0.05) is 41.2 Å². The van der Waals surface area contributed by atoms with Crippen molar-refractivity contribution in [2.45, 2.75) is 25.5 Å². The normalized spacial score (nSPS) is 18.2. The first-order valence-corrected chi connectivity index (χ1v) is 13.7. The first-order chi connectivity index (χ1) is 17.7. The molecule has 3 heterocycles. The molecule has 4 aromatic rings. The molecular formula is C24H24N6O5S2. The summed E-state index contributed by atoms with van der Waals surface area (Å²) in [4.78, 5) is 28.7. The summed E-state index contributed by atoms with van der Waals surface area (Å²) in [5.74, 6) is -0.306. The van der Waals surface area contributed by atoms with Gasteiger partial charge in [-0.1, -0.05) is 29.5 Å². The van der Waals surface area contributed by atoms with Gasteiger partial charge in [-0.25, -0.2) is 10.2 Å². The minimum atomic E-state index is -3.97. The summed E-state index contributed by atoms with van der Waals surface area (Å²) in [7, 11) is -3.97. The van der Waals surface area contributed by atoms with Gasteiger partial charge in [0.2, 0.25) is 0 Å². The van der Waals surface area contributed by atoms with Crippen LogP contribution in [0.15, 0.2) is 59.4 Å². The highest BCUT2D eigenvalue weighted by Crippen LogP contribution is 2.29. The molecule has 0 aliphatic carbocycles. The molecule has 5 rings (SSSR count). The highest BCUT2D eigenvalue weighted by atomic mass is 32.2. The van der Waals surface area contributed by atoms with Gasteiger partial charge in [-0.2, -0.15) is 17.8 Å². The molecule has 1 saturated heterocycles. The van der Waals surface area contributed by atoms with E-state index in [4.69, 9.17) is 9.88 Å². The van der Waals surface area contributed by atoms with Crippen LogP contribution in [0.4, 0.5) is 0 Å². The Bertz CT molecular complexity index is 1620. The van der Waals surface area contributed by atoms with Gasteiger partial charge in [-0.15, -0.1) is 0 Å². The minimum Gasteiger partial charge on any atom is -0.489 e. The lowest BCUT2D eigenvalue weighted by molar-refractivity contribution is 0.0936. The molecule has 2 atom stereocenters. The molecule has 11 nitrogen and oxygen atoms in total. The van der Waals surface area contributed by atoms with Crippen molar-refractivity contribution >= 4 is 38.4 Å². The van der Waals surface area contributed by atoms with Crippen molar-refractivity contribution in [3.63, 3.8) is 0 Å². The van der Waals surface area contributed by atoms with E-state index in [9.17, 15) is 18.0 Å². The number of aromatic amines is 1. The Hall–Kier alpha value is -3.65. The maximum absolute atomic E-state index is 13.0. The number of H-pyrrole nitrogens is 1. The van der Waals surface area contributed by atoms with Crippen molar-refractivity contribution in [3.05, 3.63) is 86.1 Å². The lowest BCUT2D eigenvalue weighted by atomic mass is 10.0. The van der Waals surface area contributed by atoms with Crippen molar-refractivity contribution in [1.82, 2.24) is 24.8 Å². The summed E-state index contributed by atoms with van der Waals surface area (Å²) in [5, 5.41) is 15.9. The lowest BCUT2D eigenvalue weighted by Crippen LogP contribution is -2.41. The number of ether oxygens (including phenoxy) is 1. The maximum atomic E-state index is 13.0. The molecule has 2 unspecified atom stereocenters. The largest absolute Gasteiger partial charge is 0.489 e. The van der Waals surface area contributed by atoms with Crippen LogP contribution in [0.3, 0.4) is 0 Å². The Labute approximate surface area is 216 Å². The number of para-hydroxylation sites is 1. The number of carbonyl (C=O) groups is 1. The fourth-order valence-corrected chi connectivity index (χ4v) is 5.90. The second kappa shape index (κ2) is 10.0. The number of nitrogens with zero attached hydrogens (tertiary/aromatic N) is 3. The number of nitrogens with one attached hydrogen (secondary N) is 2. The summed E-state index contributed by atoms with van der Waals surface area (Å²) >= 11 is 0.875. The van der Waals surface area contributed by atoms with Crippen LogP contribution in [-0.4, -0.2) is 52.9 Å². The molecule has 0 spiro atoms. The SMILES string of the molecule is Cc1cc(COc2ccc(C(=O)NC3CN(S(N)(=O)=O)CC3c3n[nH]c(=O)s3)cc2)c2ccccc2n1. The zero-order chi connectivity index (χ0) is 26.2.